The third kappa shape index (κ3) is 3.64. The maximum absolute atomic E-state index is 13.4. The predicted molar refractivity (Wildman–Crippen MR) is 60.9 cm³/mol. The number of carbonyl (C=O) groups is 1. The van der Waals surface area contributed by atoms with Crippen molar-refractivity contribution >= 4 is 12.0 Å². The van der Waals surface area contributed by atoms with E-state index in [9.17, 15) is 13.6 Å². The van der Waals surface area contributed by atoms with Crippen LogP contribution in [0.15, 0.2) is 18.2 Å². The summed E-state index contributed by atoms with van der Waals surface area (Å²) >= 11 is 0. The van der Waals surface area contributed by atoms with Crippen LogP contribution in [0.1, 0.15) is 22.3 Å². The van der Waals surface area contributed by atoms with E-state index in [0.29, 0.717) is 12.5 Å². The zero-order chi connectivity index (χ0) is 12.8. The van der Waals surface area contributed by atoms with Crippen molar-refractivity contribution in [3.8, 4) is 0 Å². The fourth-order valence-corrected chi connectivity index (χ4v) is 1.29. The zero-order valence-electron chi connectivity index (χ0n) is 9.34. The summed E-state index contributed by atoms with van der Waals surface area (Å²) in [5.41, 5.74) is -0.613. The topological polar surface area (TPSA) is 49.3 Å². The minimum Gasteiger partial charge on any atom is -0.478 e. The van der Waals surface area contributed by atoms with Crippen molar-refractivity contribution in [1.29, 1.82) is 0 Å². The molecule has 0 unspecified atom stereocenters. The van der Waals surface area contributed by atoms with Crippen LogP contribution < -0.4 is 5.32 Å². The lowest BCUT2D eigenvalue weighted by molar-refractivity contribution is 0.0691. The highest BCUT2D eigenvalue weighted by Gasteiger charge is 2.13. The van der Waals surface area contributed by atoms with E-state index in [2.05, 4.69) is 5.32 Å². The molecule has 0 atom stereocenters. The van der Waals surface area contributed by atoms with Crippen LogP contribution in [0.4, 0.5) is 8.78 Å². The molecule has 2 N–H and O–H groups in total. The van der Waals surface area contributed by atoms with Gasteiger partial charge in [0.25, 0.3) is 0 Å². The Morgan fingerprint density at radius 2 is 2.12 bits per heavy atom. The molecule has 1 rings (SSSR count). The summed E-state index contributed by atoms with van der Waals surface area (Å²) < 4.78 is 26.7. The number of hydrogen-bond acceptors (Lipinski definition) is 2. The molecule has 0 bridgehead atoms. The van der Waals surface area contributed by atoms with Gasteiger partial charge in [-0.1, -0.05) is 12.2 Å². The molecule has 0 saturated heterocycles. The number of carboxylic acid groups (broad SMARTS) is 1. The third-order valence-corrected chi connectivity index (χ3v) is 2.18. The van der Waals surface area contributed by atoms with Crippen LogP contribution in [-0.2, 0) is 0 Å². The molecule has 0 aliphatic carbocycles. The first-order valence-electron chi connectivity index (χ1n) is 5.09. The molecule has 0 fully saturated rings. The summed E-state index contributed by atoms with van der Waals surface area (Å²) in [7, 11) is 1.79. The largest absolute Gasteiger partial charge is 0.478 e. The molecule has 1 aromatic carbocycles. The summed E-state index contributed by atoms with van der Waals surface area (Å²) in [6.07, 6.45) is 3.80. The van der Waals surface area contributed by atoms with Crippen LogP contribution in [0.25, 0.3) is 6.08 Å². The smallest absolute Gasteiger partial charge is 0.338 e. The van der Waals surface area contributed by atoms with Gasteiger partial charge in [-0.25, -0.2) is 13.6 Å². The highest BCUT2D eigenvalue weighted by molar-refractivity contribution is 5.88. The van der Waals surface area contributed by atoms with Gasteiger partial charge in [-0.15, -0.1) is 0 Å². The van der Waals surface area contributed by atoms with Crippen LogP contribution in [0, 0.1) is 11.6 Å². The lowest BCUT2D eigenvalue weighted by Gasteiger charge is -2.01. The van der Waals surface area contributed by atoms with Gasteiger partial charge < -0.3 is 10.4 Å². The third-order valence-electron chi connectivity index (χ3n) is 2.18. The Hall–Kier alpha value is -1.75. The average molecular weight is 241 g/mol. The van der Waals surface area contributed by atoms with Crippen molar-refractivity contribution in [3.05, 3.63) is 41.0 Å². The minimum atomic E-state index is -1.48. The molecule has 0 saturated carbocycles. The van der Waals surface area contributed by atoms with E-state index in [4.69, 9.17) is 5.11 Å². The Kier molecular flexibility index (Phi) is 4.78. The Bertz CT molecular complexity index is 444. The lowest BCUT2D eigenvalue weighted by Crippen LogP contribution is -2.05. The Morgan fingerprint density at radius 3 is 2.71 bits per heavy atom. The first-order valence-corrected chi connectivity index (χ1v) is 5.09. The second-order valence-corrected chi connectivity index (χ2v) is 3.45. The van der Waals surface area contributed by atoms with E-state index >= 15 is 0 Å². The predicted octanol–water partition coefficient (Wildman–Crippen LogP) is 2.29. The van der Waals surface area contributed by atoms with Crippen LogP contribution in [0.5, 0.6) is 0 Å². The normalized spacial score (nSPS) is 11.0. The molecule has 0 radical (unpaired) electrons. The van der Waals surface area contributed by atoms with Crippen LogP contribution in [0.3, 0.4) is 0 Å². The van der Waals surface area contributed by atoms with Crippen molar-refractivity contribution < 1.29 is 18.7 Å². The number of aromatic carboxylic acids is 1. The molecule has 5 heteroatoms. The molecule has 3 nitrogen and oxygen atoms in total. The zero-order valence-corrected chi connectivity index (χ0v) is 9.34. The number of halogens is 2. The molecule has 0 amide bonds. The van der Waals surface area contributed by atoms with Crippen molar-refractivity contribution in [2.45, 2.75) is 6.42 Å². The summed E-state index contributed by atoms with van der Waals surface area (Å²) in [6.45, 7) is 0.730. The molecule has 0 aliphatic heterocycles. The van der Waals surface area contributed by atoms with Gasteiger partial charge in [0.15, 0.2) is 0 Å². The van der Waals surface area contributed by atoms with Gasteiger partial charge >= 0.3 is 5.97 Å². The number of benzene rings is 1. The SMILES string of the molecule is CNCCC=Cc1cc(F)c(C(=O)O)cc1F. The summed E-state index contributed by atoms with van der Waals surface area (Å²) in [5.74, 6) is -3.16. The van der Waals surface area contributed by atoms with Crippen LogP contribution in [-0.4, -0.2) is 24.7 Å². The maximum atomic E-state index is 13.4. The summed E-state index contributed by atoms with van der Waals surface area (Å²) in [5, 5.41) is 11.5. The van der Waals surface area contributed by atoms with Gasteiger partial charge in [0.1, 0.15) is 11.6 Å². The maximum Gasteiger partial charge on any atom is 0.338 e. The van der Waals surface area contributed by atoms with Gasteiger partial charge in [-0.3, -0.25) is 0 Å². The number of hydrogen-bond donors (Lipinski definition) is 2. The van der Waals surface area contributed by atoms with Crippen molar-refractivity contribution in [2.75, 3.05) is 13.6 Å². The standard InChI is InChI=1S/C12H13F2NO2/c1-15-5-3-2-4-8-6-11(14)9(12(16)17)7-10(8)13/h2,4,6-7,15H,3,5H2,1H3,(H,16,17). The molecule has 0 spiro atoms. The van der Waals surface area contributed by atoms with E-state index < -0.39 is 23.2 Å². The Morgan fingerprint density at radius 1 is 1.41 bits per heavy atom. The highest BCUT2D eigenvalue weighted by Crippen LogP contribution is 2.16. The number of carboxylic acids is 1. The van der Waals surface area contributed by atoms with Gasteiger partial charge in [0.2, 0.25) is 0 Å². The molecule has 0 heterocycles. The van der Waals surface area contributed by atoms with Crippen LogP contribution in [0.2, 0.25) is 0 Å². The number of rotatable bonds is 5. The highest BCUT2D eigenvalue weighted by atomic mass is 19.1. The molecular formula is C12H13F2NO2. The van der Waals surface area contributed by atoms with E-state index in [0.717, 1.165) is 12.6 Å². The molecule has 0 aromatic heterocycles. The first-order chi connectivity index (χ1) is 8.06. The van der Waals surface area contributed by atoms with E-state index in [-0.39, 0.29) is 5.56 Å². The average Bonchev–Trinajstić information content (AvgIpc) is 2.28. The second kappa shape index (κ2) is 6.10. The van der Waals surface area contributed by atoms with Gasteiger partial charge in [-0.2, -0.15) is 0 Å². The number of nitrogens with one attached hydrogen (secondary N) is 1. The molecule has 92 valence electrons. The monoisotopic (exact) mass is 241 g/mol. The molecule has 0 aliphatic rings. The van der Waals surface area contributed by atoms with Gasteiger partial charge in [0, 0.05) is 5.56 Å². The summed E-state index contributed by atoms with van der Waals surface area (Å²) in [4.78, 5) is 10.6. The lowest BCUT2D eigenvalue weighted by atomic mass is 10.1. The fourth-order valence-electron chi connectivity index (χ4n) is 1.29. The van der Waals surface area contributed by atoms with E-state index in [1.807, 2.05) is 0 Å². The fraction of sp³-hybridized carbons (Fsp3) is 0.250. The Balaban J connectivity index is 2.92. The minimum absolute atomic E-state index is 0.0450. The molecule has 1 aromatic rings. The second-order valence-electron chi connectivity index (χ2n) is 3.45. The quantitative estimate of drug-likeness (QED) is 0.777. The molecule has 17 heavy (non-hydrogen) atoms. The first kappa shape index (κ1) is 13.3. The van der Waals surface area contributed by atoms with Gasteiger partial charge in [0.05, 0.1) is 5.56 Å². The van der Waals surface area contributed by atoms with Gasteiger partial charge in [-0.05, 0) is 32.1 Å². The van der Waals surface area contributed by atoms with E-state index in [1.165, 1.54) is 6.08 Å². The van der Waals surface area contributed by atoms with E-state index in [1.54, 1.807) is 13.1 Å². The molecular weight excluding hydrogens is 228 g/mol. The Labute approximate surface area is 97.8 Å². The van der Waals surface area contributed by atoms with Crippen molar-refractivity contribution in [1.82, 2.24) is 5.32 Å². The van der Waals surface area contributed by atoms with Crippen molar-refractivity contribution in [2.24, 2.45) is 0 Å². The van der Waals surface area contributed by atoms with Crippen LogP contribution >= 0.6 is 0 Å². The summed E-state index contributed by atoms with van der Waals surface area (Å²) in [6, 6.07) is 1.57. The van der Waals surface area contributed by atoms with Crippen molar-refractivity contribution in [3.63, 3.8) is 0 Å².